The molecule has 0 unspecified atom stereocenters. The number of anilines is 1. The van der Waals surface area contributed by atoms with E-state index in [4.69, 9.17) is 0 Å². The molecule has 0 aliphatic rings. The standard InChI is InChI=1S/C20H22N2O2/c1-15(23)19(13-16-9-11-18(12-10-16)22(2)3)20(24)21-14-17-7-5-4-6-8-17/h4-13H,14H2,1-3H3,(H,21,24). The molecule has 0 saturated heterocycles. The molecule has 4 heteroatoms. The van der Waals surface area contributed by atoms with Gasteiger partial charge in [-0.2, -0.15) is 0 Å². The summed E-state index contributed by atoms with van der Waals surface area (Å²) in [4.78, 5) is 26.2. The molecule has 0 bridgehead atoms. The second-order valence-electron chi connectivity index (χ2n) is 5.77. The van der Waals surface area contributed by atoms with Gasteiger partial charge in [0.25, 0.3) is 5.91 Å². The highest BCUT2D eigenvalue weighted by Gasteiger charge is 2.14. The largest absolute Gasteiger partial charge is 0.378 e. The highest BCUT2D eigenvalue weighted by atomic mass is 16.2. The van der Waals surface area contributed by atoms with Crippen molar-refractivity contribution in [1.29, 1.82) is 0 Å². The molecule has 2 aromatic carbocycles. The van der Waals surface area contributed by atoms with E-state index in [2.05, 4.69) is 5.32 Å². The van der Waals surface area contributed by atoms with E-state index in [1.54, 1.807) is 6.08 Å². The van der Waals surface area contributed by atoms with Crippen LogP contribution in [0.25, 0.3) is 6.08 Å². The second-order valence-corrected chi connectivity index (χ2v) is 5.77. The first kappa shape index (κ1) is 17.5. The zero-order valence-corrected chi connectivity index (χ0v) is 14.2. The summed E-state index contributed by atoms with van der Waals surface area (Å²) >= 11 is 0. The number of hydrogen-bond donors (Lipinski definition) is 1. The lowest BCUT2D eigenvalue weighted by Gasteiger charge is -2.12. The Bertz CT molecular complexity index is 732. The Morgan fingerprint density at radius 2 is 1.62 bits per heavy atom. The van der Waals surface area contributed by atoms with Crippen LogP contribution in [0.4, 0.5) is 5.69 Å². The molecule has 24 heavy (non-hydrogen) atoms. The highest BCUT2D eigenvalue weighted by Crippen LogP contribution is 2.15. The molecule has 0 aliphatic heterocycles. The van der Waals surface area contributed by atoms with Gasteiger partial charge in [-0.3, -0.25) is 9.59 Å². The van der Waals surface area contributed by atoms with E-state index in [9.17, 15) is 9.59 Å². The van der Waals surface area contributed by atoms with Crippen LogP contribution >= 0.6 is 0 Å². The lowest BCUT2D eigenvalue weighted by Crippen LogP contribution is -2.27. The van der Waals surface area contributed by atoms with Crippen molar-refractivity contribution in [1.82, 2.24) is 5.32 Å². The molecule has 0 aliphatic carbocycles. The summed E-state index contributed by atoms with van der Waals surface area (Å²) in [6.45, 7) is 1.80. The number of hydrogen-bond acceptors (Lipinski definition) is 3. The summed E-state index contributed by atoms with van der Waals surface area (Å²) in [5.74, 6) is -0.611. The van der Waals surface area contributed by atoms with E-state index in [1.165, 1.54) is 6.92 Å². The highest BCUT2D eigenvalue weighted by molar-refractivity contribution is 6.21. The van der Waals surface area contributed by atoms with Gasteiger partial charge in [0.1, 0.15) is 0 Å². The van der Waals surface area contributed by atoms with Gasteiger partial charge in [0.2, 0.25) is 0 Å². The Morgan fingerprint density at radius 1 is 1.00 bits per heavy atom. The molecule has 0 atom stereocenters. The predicted octanol–water partition coefficient (Wildman–Crippen LogP) is 3.04. The molecule has 124 valence electrons. The number of carbonyl (C=O) groups excluding carboxylic acids is 2. The molecule has 2 rings (SSSR count). The Balaban J connectivity index is 2.12. The molecular weight excluding hydrogens is 300 g/mol. The average molecular weight is 322 g/mol. The van der Waals surface area contributed by atoms with Crippen molar-refractivity contribution in [3.8, 4) is 0 Å². The van der Waals surface area contributed by atoms with Crippen LogP contribution in [0.3, 0.4) is 0 Å². The van der Waals surface area contributed by atoms with E-state index in [-0.39, 0.29) is 17.3 Å². The maximum absolute atomic E-state index is 12.3. The molecule has 1 amide bonds. The minimum atomic E-state index is -0.358. The molecule has 4 nitrogen and oxygen atoms in total. The summed E-state index contributed by atoms with van der Waals surface area (Å²) in [5, 5.41) is 2.79. The number of nitrogens with zero attached hydrogens (tertiary/aromatic N) is 1. The number of carbonyl (C=O) groups is 2. The third-order valence-corrected chi connectivity index (χ3v) is 3.64. The first-order valence-electron chi connectivity index (χ1n) is 7.79. The molecule has 0 heterocycles. The lowest BCUT2D eigenvalue weighted by molar-refractivity contribution is -0.121. The fourth-order valence-corrected chi connectivity index (χ4v) is 2.24. The van der Waals surface area contributed by atoms with Crippen molar-refractivity contribution in [2.45, 2.75) is 13.5 Å². The zero-order valence-electron chi connectivity index (χ0n) is 14.2. The van der Waals surface area contributed by atoms with E-state index in [0.29, 0.717) is 6.54 Å². The van der Waals surface area contributed by atoms with Gasteiger partial charge in [-0.1, -0.05) is 42.5 Å². The first-order chi connectivity index (χ1) is 11.5. The fraction of sp³-hybridized carbons (Fsp3) is 0.200. The fourth-order valence-electron chi connectivity index (χ4n) is 2.24. The van der Waals surface area contributed by atoms with Crippen LogP contribution in [0.1, 0.15) is 18.1 Å². The zero-order chi connectivity index (χ0) is 17.5. The van der Waals surface area contributed by atoms with Gasteiger partial charge in [-0.15, -0.1) is 0 Å². The number of benzene rings is 2. The number of amides is 1. The monoisotopic (exact) mass is 322 g/mol. The van der Waals surface area contributed by atoms with Gasteiger partial charge in [0.05, 0.1) is 5.57 Å². The summed E-state index contributed by atoms with van der Waals surface area (Å²) in [6.07, 6.45) is 1.63. The SMILES string of the molecule is CC(=O)C(=Cc1ccc(N(C)C)cc1)C(=O)NCc1ccccc1. The van der Waals surface area contributed by atoms with Crippen molar-refractivity contribution in [2.24, 2.45) is 0 Å². The molecule has 0 aromatic heterocycles. The molecule has 1 N–H and O–H groups in total. The van der Waals surface area contributed by atoms with Crippen molar-refractivity contribution < 1.29 is 9.59 Å². The first-order valence-corrected chi connectivity index (χ1v) is 7.79. The van der Waals surface area contributed by atoms with Crippen LogP contribution in [0.2, 0.25) is 0 Å². The van der Waals surface area contributed by atoms with Gasteiger partial charge < -0.3 is 10.2 Å². The molecule has 0 fully saturated rings. The molecule has 2 aromatic rings. The summed E-state index contributed by atoms with van der Waals surface area (Å²) < 4.78 is 0. The van der Waals surface area contributed by atoms with Crippen LogP contribution < -0.4 is 10.2 Å². The van der Waals surface area contributed by atoms with Gasteiger partial charge in [0.15, 0.2) is 5.78 Å². The van der Waals surface area contributed by atoms with Crippen molar-refractivity contribution in [2.75, 3.05) is 19.0 Å². The number of Topliss-reactive ketones (excluding diaryl/α,β-unsaturated/α-hetero) is 1. The van der Waals surface area contributed by atoms with Crippen LogP contribution in [-0.2, 0) is 16.1 Å². The van der Waals surface area contributed by atoms with Crippen LogP contribution in [0, 0.1) is 0 Å². The molecule has 0 spiro atoms. The third kappa shape index (κ3) is 4.81. The Kier molecular flexibility index (Phi) is 5.90. The average Bonchev–Trinajstić information content (AvgIpc) is 2.58. The number of rotatable bonds is 6. The van der Waals surface area contributed by atoms with E-state index in [1.807, 2.05) is 73.6 Å². The summed E-state index contributed by atoms with van der Waals surface area (Å²) in [5.41, 5.74) is 3.03. The normalized spacial score (nSPS) is 11.0. The smallest absolute Gasteiger partial charge is 0.255 e. The van der Waals surface area contributed by atoms with Crippen LogP contribution in [0.5, 0.6) is 0 Å². The third-order valence-electron chi connectivity index (χ3n) is 3.64. The topological polar surface area (TPSA) is 49.4 Å². The van der Waals surface area contributed by atoms with Crippen molar-refractivity contribution in [3.63, 3.8) is 0 Å². The summed E-state index contributed by atoms with van der Waals surface area (Å²) in [6, 6.07) is 17.3. The lowest BCUT2D eigenvalue weighted by atomic mass is 10.1. The van der Waals surface area contributed by atoms with Gasteiger partial charge in [0, 0.05) is 26.3 Å². The van der Waals surface area contributed by atoms with Crippen LogP contribution in [0.15, 0.2) is 60.2 Å². The van der Waals surface area contributed by atoms with Gasteiger partial charge in [-0.05, 0) is 36.3 Å². The summed E-state index contributed by atoms with van der Waals surface area (Å²) in [7, 11) is 3.92. The van der Waals surface area contributed by atoms with Crippen molar-refractivity contribution >= 4 is 23.5 Å². The molecule has 0 saturated carbocycles. The van der Waals surface area contributed by atoms with E-state index < -0.39 is 0 Å². The Morgan fingerprint density at radius 3 is 2.17 bits per heavy atom. The number of nitrogens with one attached hydrogen (secondary N) is 1. The Labute approximate surface area is 142 Å². The molecular formula is C20H22N2O2. The molecule has 0 radical (unpaired) electrons. The van der Waals surface area contributed by atoms with Gasteiger partial charge in [-0.25, -0.2) is 0 Å². The Hall–Kier alpha value is -2.88. The van der Waals surface area contributed by atoms with Crippen molar-refractivity contribution in [3.05, 3.63) is 71.3 Å². The maximum Gasteiger partial charge on any atom is 0.255 e. The quantitative estimate of drug-likeness (QED) is 0.505. The van der Waals surface area contributed by atoms with E-state index >= 15 is 0 Å². The minimum Gasteiger partial charge on any atom is -0.378 e. The van der Waals surface area contributed by atoms with Crippen LogP contribution in [-0.4, -0.2) is 25.8 Å². The van der Waals surface area contributed by atoms with Gasteiger partial charge >= 0.3 is 0 Å². The van der Waals surface area contributed by atoms with E-state index in [0.717, 1.165) is 16.8 Å². The minimum absolute atomic E-state index is 0.156. The second kappa shape index (κ2) is 8.11. The maximum atomic E-state index is 12.3. The number of ketones is 1. The predicted molar refractivity (Wildman–Crippen MR) is 97.7 cm³/mol.